The summed E-state index contributed by atoms with van der Waals surface area (Å²) in [6, 6.07) is 15.2. The maximum Gasteiger partial charge on any atom is 0.271 e. The molecule has 2 heterocycles. The van der Waals surface area contributed by atoms with Crippen LogP contribution in [0.25, 0.3) is 16.2 Å². The van der Waals surface area contributed by atoms with Crippen molar-refractivity contribution in [1.82, 2.24) is 9.38 Å². The Hall–Kier alpha value is -3.45. The van der Waals surface area contributed by atoms with E-state index < -0.39 is 11.5 Å². The van der Waals surface area contributed by atoms with Crippen molar-refractivity contribution in [1.29, 1.82) is 0 Å². The van der Waals surface area contributed by atoms with E-state index in [4.69, 9.17) is 4.74 Å². The van der Waals surface area contributed by atoms with Crippen LogP contribution < -0.4 is 15.6 Å². The Morgan fingerprint density at radius 2 is 2.00 bits per heavy atom. The molecule has 1 N–H and O–H groups in total. The summed E-state index contributed by atoms with van der Waals surface area (Å²) < 4.78 is 6.76. The zero-order chi connectivity index (χ0) is 21.8. The van der Waals surface area contributed by atoms with E-state index in [2.05, 4.69) is 17.2 Å². The molecule has 0 bridgehead atoms. The number of benzene rings is 2. The third kappa shape index (κ3) is 4.36. The van der Waals surface area contributed by atoms with Crippen molar-refractivity contribution in [2.45, 2.75) is 26.2 Å². The highest BCUT2D eigenvalue weighted by Gasteiger charge is 2.17. The molecule has 2 aromatic carbocycles. The number of amides is 1. The minimum atomic E-state index is -0.476. The predicted octanol–water partition coefficient (Wildman–Crippen LogP) is 5.03. The van der Waals surface area contributed by atoms with Crippen LogP contribution in [0, 0.1) is 0 Å². The van der Waals surface area contributed by atoms with Crippen molar-refractivity contribution in [3.05, 3.63) is 81.6 Å². The number of anilines is 1. The summed E-state index contributed by atoms with van der Waals surface area (Å²) in [6.45, 7) is 2.16. The van der Waals surface area contributed by atoms with Crippen molar-refractivity contribution in [2.75, 3.05) is 12.4 Å². The standard InChI is InChI=1S/C24H23N3O3S/c1-3-4-6-16-9-11-18(12-10-16)26-22(28)20-14-25-24-27(23(20)29)21(15-31-24)17-7-5-8-19(13-17)30-2/h5,7-15H,3-4,6H2,1-2H3,(H,26,28). The van der Waals surface area contributed by atoms with Crippen LogP contribution in [0.3, 0.4) is 0 Å². The average molecular weight is 434 g/mol. The first-order valence-corrected chi connectivity index (χ1v) is 11.0. The van der Waals surface area contributed by atoms with Gasteiger partial charge in [0.2, 0.25) is 0 Å². The fourth-order valence-corrected chi connectivity index (χ4v) is 4.22. The van der Waals surface area contributed by atoms with Crippen LogP contribution in [0.5, 0.6) is 5.75 Å². The molecule has 0 fully saturated rings. The van der Waals surface area contributed by atoms with E-state index in [1.54, 1.807) is 7.11 Å². The van der Waals surface area contributed by atoms with Crippen molar-refractivity contribution in [2.24, 2.45) is 0 Å². The van der Waals surface area contributed by atoms with E-state index in [-0.39, 0.29) is 5.56 Å². The lowest BCUT2D eigenvalue weighted by Crippen LogP contribution is -2.26. The molecule has 0 aliphatic heterocycles. The maximum atomic E-state index is 13.2. The summed E-state index contributed by atoms with van der Waals surface area (Å²) in [5, 5.41) is 4.66. The number of hydrogen-bond donors (Lipinski definition) is 1. The predicted molar refractivity (Wildman–Crippen MR) is 124 cm³/mol. The number of methoxy groups -OCH3 is 1. The zero-order valence-corrected chi connectivity index (χ0v) is 18.2. The normalized spacial score (nSPS) is 10.9. The van der Waals surface area contributed by atoms with E-state index >= 15 is 0 Å². The topological polar surface area (TPSA) is 72.7 Å². The van der Waals surface area contributed by atoms with E-state index in [0.29, 0.717) is 22.1 Å². The van der Waals surface area contributed by atoms with Crippen molar-refractivity contribution in [3.63, 3.8) is 0 Å². The van der Waals surface area contributed by atoms with Crippen molar-refractivity contribution in [3.8, 4) is 17.0 Å². The van der Waals surface area contributed by atoms with Crippen molar-refractivity contribution >= 4 is 27.9 Å². The molecular weight excluding hydrogens is 410 g/mol. The van der Waals surface area contributed by atoms with Gasteiger partial charge < -0.3 is 10.1 Å². The zero-order valence-electron chi connectivity index (χ0n) is 17.4. The number of aromatic nitrogens is 2. The molecule has 7 heteroatoms. The number of rotatable bonds is 7. The number of nitrogens with one attached hydrogen (secondary N) is 1. The number of carbonyl (C=O) groups is 1. The smallest absolute Gasteiger partial charge is 0.271 e. The van der Waals surface area contributed by atoms with Crippen LogP contribution in [0.2, 0.25) is 0 Å². The molecule has 0 aliphatic carbocycles. The molecule has 6 nitrogen and oxygen atoms in total. The average Bonchev–Trinajstić information content (AvgIpc) is 3.24. The number of nitrogens with zero attached hydrogens (tertiary/aromatic N) is 2. The van der Waals surface area contributed by atoms with Gasteiger partial charge in [0.15, 0.2) is 4.96 Å². The van der Waals surface area contributed by atoms with E-state index in [1.807, 2.05) is 53.9 Å². The molecule has 4 rings (SSSR count). The monoisotopic (exact) mass is 433 g/mol. The van der Waals surface area contributed by atoms with Gasteiger partial charge in [-0.15, -0.1) is 11.3 Å². The summed E-state index contributed by atoms with van der Waals surface area (Å²) in [4.78, 5) is 30.9. The summed E-state index contributed by atoms with van der Waals surface area (Å²) in [5.74, 6) is 0.213. The molecular formula is C24H23N3O3S. The highest BCUT2D eigenvalue weighted by atomic mass is 32.1. The summed E-state index contributed by atoms with van der Waals surface area (Å²) in [5.41, 5.74) is 2.95. The molecule has 0 radical (unpaired) electrons. The largest absolute Gasteiger partial charge is 0.497 e. The van der Waals surface area contributed by atoms with Gasteiger partial charge in [0, 0.05) is 22.8 Å². The lowest BCUT2D eigenvalue weighted by molar-refractivity contribution is 0.102. The second kappa shape index (κ2) is 9.14. The summed E-state index contributed by atoms with van der Waals surface area (Å²) in [7, 11) is 1.59. The number of fused-ring (bicyclic) bond motifs is 1. The molecule has 1 amide bonds. The number of aryl methyl sites for hydroxylation is 1. The van der Waals surface area contributed by atoms with Gasteiger partial charge in [-0.3, -0.25) is 14.0 Å². The van der Waals surface area contributed by atoms with Gasteiger partial charge in [-0.05, 0) is 42.7 Å². The van der Waals surface area contributed by atoms with Gasteiger partial charge in [-0.1, -0.05) is 37.6 Å². The minimum absolute atomic E-state index is 0.00453. The van der Waals surface area contributed by atoms with Crippen LogP contribution in [-0.4, -0.2) is 22.4 Å². The van der Waals surface area contributed by atoms with E-state index in [0.717, 1.165) is 24.8 Å². The van der Waals surface area contributed by atoms with Gasteiger partial charge >= 0.3 is 0 Å². The Morgan fingerprint density at radius 1 is 1.19 bits per heavy atom. The lowest BCUT2D eigenvalue weighted by atomic mass is 10.1. The molecule has 0 aliphatic rings. The maximum absolute atomic E-state index is 13.2. The molecule has 0 spiro atoms. The molecule has 31 heavy (non-hydrogen) atoms. The molecule has 158 valence electrons. The first-order chi connectivity index (χ1) is 15.1. The summed E-state index contributed by atoms with van der Waals surface area (Å²) >= 11 is 1.35. The Balaban J connectivity index is 1.64. The highest BCUT2D eigenvalue weighted by molar-refractivity contribution is 7.15. The third-order valence-corrected chi connectivity index (χ3v) is 5.93. The molecule has 0 saturated carbocycles. The highest BCUT2D eigenvalue weighted by Crippen LogP contribution is 2.27. The Labute approximate surface area is 184 Å². The quantitative estimate of drug-likeness (QED) is 0.444. The van der Waals surface area contributed by atoms with Gasteiger partial charge in [0.25, 0.3) is 11.5 Å². The van der Waals surface area contributed by atoms with Gasteiger partial charge in [-0.2, -0.15) is 0 Å². The fourth-order valence-electron chi connectivity index (χ4n) is 3.37. The van der Waals surface area contributed by atoms with Crippen LogP contribution in [0.4, 0.5) is 5.69 Å². The fraction of sp³-hybridized carbons (Fsp3) is 0.208. The first kappa shape index (κ1) is 20.8. The number of ether oxygens (including phenoxy) is 1. The lowest BCUT2D eigenvalue weighted by Gasteiger charge is -2.08. The van der Waals surface area contributed by atoms with E-state index in [9.17, 15) is 9.59 Å². The third-order valence-electron chi connectivity index (χ3n) is 5.09. The Bertz CT molecular complexity index is 1280. The second-order valence-corrected chi connectivity index (χ2v) is 8.04. The van der Waals surface area contributed by atoms with Gasteiger partial charge in [-0.25, -0.2) is 4.98 Å². The molecule has 4 aromatic rings. The number of thiazole rings is 1. The second-order valence-electron chi connectivity index (χ2n) is 7.20. The van der Waals surface area contributed by atoms with Crippen molar-refractivity contribution < 1.29 is 9.53 Å². The number of unbranched alkanes of at least 4 members (excludes halogenated alkanes) is 1. The molecule has 0 unspecified atom stereocenters. The summed E-state index contributed by atoms with van der Waals surface area (Å²) in [6.07, 6.45) is 4.62. The molecule has 2 aromatic heterocycles. The van der Waals surface area contributed by atoms with Crippen LogP contribution in [0.1, 0.15) is 35.7 Å². The van der Waals surface area contributed by atoms with Crippen LogP contribution in [-0.2, 0) is 6.42 Å². The van der Waals surface area contributed by atoms with Crippen LogP contribution in [0.15, 0.2) is 64.9 Å². The minimum Gasteiger partial charge on any atom is -0.497 e. The molecule has 0 atom stereocenters. The van der Waals surface area contributed by atoms with Gasteiger partial charge in [0.05, 0.1) is 12.8 Å². The number of carbonyl (C=O) groups excluding carboxylic acids is 1. The Kier molecular flexibility index (Phi) is 6.13. The molecule has 0 saturated heterocycles. The first-order valence-electron chi connectivity index (χ1n) is 10.1. The SMILES string of the molecule is CCCCc1ccc(NC(=O)c2cnc3scc(-c4cccc(OC)c4)n3c2=O)cc1. The van der Waals surface area contributed by atoms with Gasteiger partial charge in [0.1, 0.15) is 11.3 Å². The van der Waals surface area contributed by atoms with Crippen LogP contribution >= 0.6 is 11.3 Å². The Morgan fingerprint density at radius 3 is 2.74 bits per heavy atom. The van der Waals surface area contributed by atoms with E-state index in [1.165, 1.54) is 27.5 Å². The number of hydrogen-bond acceptors (Lipinski definition) is 5.